The van der Waals surface area contributed by atoms with Crippen LogP contribution in [-0.2, 0) is 25.7 Å². The lowest BCUT2D eigenvalue weighted by Crippen LogP contribution is -2.04. The first-order valence-corrected chi connectivity index (χ1v) is 52.2. The van der Waals surface area contributed by atoms with Gasteiger partial charge in [0.15, 0.2) is 11.6 Å². The van der Waals surface area contributed by atoms with Crippen LogP contribution < -0.4 is 0 Å². The molecule has 0 fully saturated rings. The molecule has 11 rings (SSSR count). The van der Waals surface area contributed by atoms with Crippen molar-refractivity contribution in [1.82, 2.24) is 0 Å². The van der Waals surface area contributed by atoms with Gasteiger partial charge in [-0.25, -0.2) is 0 Å². The number of fused-ring (bicyclic) bond motifs is 4. The minimum Gasteiger partial charge on any atom is -0.289 e. The van der Waals surface area contributed by atoms with Gasteiger partial charge in [-0.1, -0.05) is 360 Å². The van der Waals surface area contributed by atoms with E-state index in [1.807, 2.05) is 106 Å². The second-order valence-corrected chi connectivity index (χ2v) is 41.2. The van der Waals surface area contributed by atoms with E-state index in [0.717, 1.165) is 86.8 Å². The lowest BCUT2D eigenvalue weighted by atomic mass is 9.91. The zero-order valence-electron chi connectivity index (χ0n) is 73.5. The fourth-order valence-corrected chi connectivity index (χ4v) is 26.1. The Morgan fingerprint density at radius 2 is 0.617 bits per heavy atom. The van der Waals surface area contributed by atoms with Crippen molar-refractivity contribution in [2.45, 2.75) is 350 Å². The van der Waals surface area contributed by atoms with Gasteiger partial charge >= 0.3 is 0 Å². The third-order valence-corrected chi connectivity index (χ3v) is 32.4. The van der Waals surface area contributed by atoms with Crippen molar-refractivity contribution in [1.29, 1.82) is 21.0 Å². The van der Waals surface area contributed by atoms with Crippen LogP contribution >= 0.6 is 68.0 Å². The second kappa shape index (κ2) is 50.4. The van der Waals surface area contributed by atoms with Gasteiger partial charge in [0.05, 0.1) is 0 Å². The van der Waals surface area contributed by atoms with Crippen LogP contribution in [0.3, 0.4) is 0 Å². The zero-order chi connectivity index (χ0) is 84.2. The highest BCUT2D eigenvalue weighted by molar-refractivity contribution is 7.29. The number of hydrogen-bond donors (Lipinski definition) is 0. The van der Waals surface area contributed by atoms with Gasteiger partial charge in [-0.3, -0.25) is 9.59 Å². The summed E-state index contributed by atoms with van der Waals surface area (Å²) in [6.07, 6.45) is 64.5. The number of allylic oxidation sites excluding steroid dienone is 6. The van der Waals surface area contributed by atoms with Gasteiger partial charge in [0.2, 0.25) is 0 Å². The Balaban J connectivity index is 1.10. The highest BCUT2D eigenvalue weighted by Gasteiger charge is 2.35. The van der Waals surface area contributed by atoms with Crippen LogP contribution in [0.2, 0.25) is 0 Å². The molecule has 0 N–H and O–H groups in total. The molecule has 0 atom stereocenters. The van der Waals surface area contributed by atoms with Gasteiger partial charge < -0.3 is 0 Å². The van der Waals surface area contributed by atoms with E-state index in [1.54, 1.807) is 22.7 Å². The first-order chi connectivity index (χ1) is 59.0. The van der Waals surface area contributed by atoms with Crippen LogP contribution in [0.4, 0.5) is 0 Å². The number of carbonyl (C=O) groups is 2. The molecule has 0 spiro atoms. The lowest BCUT2D eigenvalue weighted by Gasteiger charge is -2.16. The Bertz CT molecular complexity index is 4670. The molecule has 0 aliphatic heterocycles. The molecule has 12 heteroatoms. The van der Waals surface area contributed by atoms with Crippen LogP contribution in [0, 0.1) is 57.2 Å². The molecular weight excluding hydrogens is 1580 g/mol. The maximum absolute atomic E-state index is 14.7. The number of Topliss-reactive ketones (excluding diaryl/α,β-unsaturated/α-hetero) is 2. The van der Waals surface area contributed by atoms with Crippen LogP contribution in [0.15, 0.2) is 119 Å². The van der Waals surface area contributed by atoms with E-state index < -0.39 is 0 Å². The number of hydrogen-bond acceptors (Lipinski definition) is 12. The summed E-state index contributed by atoms with van der Waals surface area (Å²) in [7, 11) is 0. The van der Waals surface area contributed by atoms with Crippen LogP contribution in [0.25, 0.3) is 83.9 Å². The SMILES string of the molecule is CCCCCCCCCCC(CCCCCCCCCC)Cc1ccc(-c2c3cc(-c4sc(/C=C5\C(=O)c6ccccc6C5=C(C#N)C#N)cc4CCCCCC)sc3c(-c3ccc(CC(CCCCCCCCCC)CCCCCCCCCC)s3)c3cc(-c4sc(/C=C5\C(=O)c6ccccc6C5=C(C#N)C#N)cc4CCCCCC)sc23)s1. The van der Waals surface area contributed by atoms with E-state index in [-0.39, 0.29) is 22.7 Å². The van der Waals surface area contributed by atoms with Gasteiger partial charge in [-0.2, -0.15) is 21.0 Å². The summed E-state index contributed by atoms with van der Waals surface area (Å²) in [5.74, 6) is 0.943. The smallest absolute Gasteiger partial charge is 0.194 e. The summed E-state index contributed by atoms with van der Waals surface area (Å²) in [5, 5.41) is 44.5. The van der Waals surface area contributed by atoms with Crippen LogP contribution in [-0.4, -0.2) is 11.6 Å². The van der Waals surface area contributed by atoms with E-state index in [9.17, 15) is 30.6 Å². The fraction of sp³-hybridized carbons (Fsp3) is 0.519. The third kappa shape index (κ3) is 25.4. The topological polar surface area (TPSA) is 129 Å². The molecule has 634 valence electrons. The summed E-state index contributed by atoms with van der Waals surface area (Å²) < 4.78 is 2.59. The number of nitrogens with zero attached hydrogens (tertiary/aromatic N) is 4. The fourth-order valence-electron chi connectivity index (χ4n) is 18.6. The number of carbonyl (C=O) groups excluding carboxylic acids is 2. The van der Waals surface area contributed by atoms with Crippen molar-refractivity contribution < 1.29 is 9.59 Å². The van der Waals surface area contributed by atoms with Gasteiger partial charge in [-0.15, -0.1) is 68.0 Å². The largest absolute Gasteiger partial charge is 0.289 e. The molecule has 6 aromatic heterocycles. The maximum atomic E-state index is 14.7. The predicted octanol–water partition coefficient (Wildman–Crippen LogP) is 35.9. The summed E-state index contributed by atoms with van der Waals surface area (Å²) in [6, 6.07) is 43.2. The molecule has 9 aromatic rings. The molecule has 120 heavy (non-hydrogen) atoms. The van der Waals surface area contributed by atoms with Gasteiger partial charge in [0.1, 0.15) is 35.4 Å². The van der Waals surface area contributed by atoms with Crippen molar-refractivity contribution >= 4 is 123 Å². The van der Waals surface area contributed by atoms with E-state index in [4.69, 9.17) is 0 Å². The quantitative estimate of drug-likeness (QED) is 0.0212. The normalized spacial score (nSPS) is 13.3. The molecule has 0 saturated carbocycles. The highest BCUT2D eigenvalue weighted by atomic mass is 32.1. The Labute approximate surface area is 746 Å². The van der Waals surface area contributed by atoms with E-state index in [0.29, 0.717) is 56.4 Å². The van der Waals surface area contributed by atoms with Crippen molar-refractivity contribution in [3.8, 4) is 64.7 Å². The highest BCUT2D eigenvalue weighted by Crippen LogP contribution is 2.57. The molecular formula is C108H134N4O2S6. The van der Waals surface area contributed by atoms with E-state index >= 15 is 0 Å². The molecule has 0 amide bonds. The van der Waals surface area contributed by atoms with Crippen molar-refractivity contribution in [3.63, 3.8) is 0 Å². The number of nitriles is 4. The van der Waals surface area contributed by atoms with Gasteiger partial charge in [0.25, 0.3) is 0 Å². The molecule has 6 heterocycles. The molecule has 2 aliphatic carbocycles. The van der Waals surface area contributed by atoms with Gasteiger partial charge in [-0.05, 0) is 133 Å². The molecule has 0 unspecified atom stereocenters. The predicted molar refractivity (Wildman–Crippen MR) is 523 cm³/mol. The number of benzene rings is 3. The standard InChI is InChI=1S/C108H134N4O2S6/c1-7-13-19-25-29-33-37-41-51-77(52-42-38-34-30-26-20-14-8-2)65-83-61-63-95(115-83)101-93-71-97(105-79(55-45-23-17-11-5)67-85(117-105)69-91-99(81(73-109)74-110)87-57-47-49-59-89(87)103(91)113)120-108(93)102(96-64-62-84(116-96)66-78(53-43-39-35-31-27-21-15-9-3)54-44-40-36-32-28-22-16-10-4)94-72-98(119-107(94)101)106-80(56-46-24-18-12-6)68-86(118-106)70-92-100(82(75-111)76-112)88-58-48-50-60-90(88)104(92)114/h47-50,57-64,67-72,77-78H,7-46,51-56,65-66H2,1-6H3/b91-69-,92-70-. The lowest BCUT2D eigenvalue weighted by molar-refractivity contribution is 0.103. The molecule has 0 bridgehead atoms. The summed E-state index contributed by atoms with van der Waals surface area (Å²) in [5.41, 5.74) is 9.01. The first kappa shape index (κ1) is 93.3. The zero-order valence-corrected chi connectivity index (χ0v) is 78.4. The summed E-state index contributed by atoms with van der Waals surface area (Å²) in [6.45, 7) is 13.8. The molecule has 2 aliphatic rings. The molecule has 0 saturated heterocycles. The van der Waals surface area contributed by atoms with Crippen LogP contribution in [0.5, 0.6) is 0 Å². The number of ketones is 2. The number of aryl methyl sites for hydroxylation is 2. The Kier molecular flexibility index (Phi) is 39.2. The molecule has 6 nitrogen and oxygen atoms in total. The minimum absolute atomic E-state index is 0.0487. The molecule has 3 aromatic carbocycles. The minimum atomic E-state index is -0.157. The van der Waals surface area contributed by atoms with Gasteiger partial charge in [0, 0.05) is 113 Å². The number of unbranched alkanes of at least 4 members (excludes halogenated alkanes) is 34. The monoisotopic (exact) mass is 1710 g/mol. The Morgan fingerprint density at radius 3 is 0.925 bits per heavy atom. The maximum Gasteiger partial charge on any atom is 0.194 e. The van der Waals surface area contributed by atoms with E-state index in [2.05, 4.69) is 114 Å². The Morgan fingerprint density at radius 1 is 0.325 bits per heavy atom. The second-order valence-electron chi connectivity index (χ2n) is 34.6. The summed E-state index contributed by atoms with van der Waals surface area (Å²) in [4.78, 5) is 41.7. The average Bonchev–Trinajstić information content (AvgIpc) is 1.55. The van der Waals surface area contributed by atoms with Crippen LogP contribution in [0.1, 0.15) is 387 Å². The Hall–Kier alpha value is -7.36. The van der Waals surface area contributed by atoms with Crippen molar-refractivity contribution in [3.05, 3.63) is 172 Å². The average molecular weight is 1710 g/mol. The number of thiophene rings is 6. The van der Waals surface area contributed by atoms with Crippen molar-refractivity contribution in [2.24, 2.45) is 11.8 Å². The third-order valence-electron chi connectivity index (χ3n) is 25.2. The summed E-state index contributed by atoms with van der Waals surface area (Å²) >= 11 is 11.4. The van der Waals surface area contributed by atoms with Crippen molar-refractivity contribution in [2.75, 3.05) is 0 Å². The number of rotatable bonds is 56. The first-order valence-electron chi connectivity index (χ1n) is 47.3. The van der Waals surface area contributed by atoms with E-state index in [1.165, 1.54) is 313 Å². The molecule has 0 radical (unpaired) electrons.